The summed E-state index contributed by atoms with van der Waals surface area (Å²) in [6.45, 7) is 12.2. The van der Waals surface area contributed by atoms with Crippen molar-refractivity contribution in [1.82, 2.24) is 4.37 Å². The highest BCUT2D eigenvalue weighted by Crippen LogP contribution is 2.22. The van der Waals surface area contributed by atoms with Crippen molar-refractivity contribution in [1.29, 1.82) is 0 Å². The van der Waals surface area contributed by atoms with Gasteiger partial charge in [-0.1, -0.05) is 39.8 Å². The highest BCUT2D eigenvalue weighted by Gasteiger charge is 1.99. The maximum absolute atomic E-state index is 4.28. The lowest BCUT2D eigenvalue weighted by Gasteiger charge is -1.90. The van der Waals surface area contributed by atoms with Crippen molar-refractivity contribution in [2.45, 2.75) is 41.5 Å². The summed E-state index contributed by atoms with van der Waals surface area (Å²) in [6.07, 6.45) is 0. The average molecular weight is 223 g/mol. The molecule has 0 saturated heterocycles. The van der Waals surface area contributed by atoms with E-state index in [1.807, 2.05) is 34.6 Å². The molecular weight excluding hydrogens is 202 g/mol. The van der Waals surface area contributed by atoms with E-state index in [2.05, 4.69) is 29.5 Å². The lowest BCUT2D eigenvalue weighted by Crippen LogP contribution is -1.71. The van der Waals surface area contributed by atoms with Gasteiger partial charge >= 0.3 is 0 Å². The Labute approximate surface area is 97.3 Å². The van der Waals surface area contributed by atoms with Crippen LogP contribution in [0.2, 0.25) is 0 Å². The topological polar surface area (TPSA) is 12.9 Å². The molecule has 0 atom stereocenters. The lowest BCUT2D eigenvalue weighted by molar-refractivity contribution is 1.37. The normalized spacial score (nSPS) is 8.67. The Balaban J connectivity index is 0.000000442. The molecule has 0 saturated carbocycles. The van der Waals surface area contributed by atoms with Gasteiger partial charge in [0.05, 0.1) is 10.4 Å². The van der Waals surface area contributed by atoms with E-state index in [0.717, 1.165) is 5.69 Å². The zero-order valence-electron chi connectivity index (χ0n) is 10.6. The molecule has 1 aromatic carbocycles. The maximum Gasteiger partial charge on any atom is 0.0589 e. The van der Waals surface area contributed by atoms with E-state index in [1.165, 1.54) is 15.6 Å². The minimum absolute atomic E-state index is 1.14. The monoisotopic (exact) mass is 223 g/mol. The number of benzene rings is 1. The molecular formula is C13H21NS. The Morgan fingerprint density at radius 3 is 2.20 bits per heavy atom. The Morgan fingerprint density at radius 2 is 1.60 bits per heavy atom. The summed E-state index contributed by atoms with van der Waals surface area (Å²) in [6, 6.07) is 6.45. The molecule has 0 aliphatic heterocycles. The van der Waals surface area contributed by atoms with Gasteiger partial charge in [-0.2, -0.15) is 4.37 Å². The van der Waals surface area contributed by atoms with Gasteiger partial charge in [0.2, 0.25) is 0 Å². The molecule has 15 heavy (non-hydrogen) atoms. The zero-order chi connectivity index (χ0) is 11.8. The fourth-order valence-electron chi connectivity index (χ4n) is 1.17. The molecule has 0 unspecified atom stereocenters. The summed E-state index contributed by atoms with van der Waals surface area (Å²) in [4.78, 5) is 0. The second-order valence-corrected chi connectivity index (χ2v) is 3.57. The smallest absolute Gasteiger partial charge is 0.0589 e. The predicted molar refractivity (Wildman–Crippen MR) is 71.8 cm³/mol. The van der Waals surface area contributed by atoms with Crippen molar-refractivity contribution in [3.8, 4) is 0 Å². The minimum atomic E-state index is 1.14. The first-order valence-electron chi connectivity index (χ1n) is 5.60. The minimum Gasteiger partial charge on any atom is -0.197 e. The Bertz CT molecular complexity index is 390. The summed E-state index contributed by atoms with van der Waals surface area (Å²) >= 11 is 1.58. The van der Waals surface area contributed by atoms with Gasteiger partial charge in [-0.05, 0) is 37.0 Å². The van der Waals surface area contributed by atoms with Gasteiger partial charge in [0.1, 0.15) is 0 Å². The van der Waals surface area contributed by atoms with Crippen molar-refractivity contribution in [3.63, 3.8) is 0 Å². The van der Waals surface area contributed by atoms with Crippen molar-refractivity contribution < 1.29 is 0 Å². The molecule has 2 aromatic rings. The number of hydrogen-bond acceptors (Lipinski definition) is 2. The first-order valence-corrected chi connectivity index (χ1v) is 6.37. The molecule has 1 nitrogen and oxygen atoms in total. The highest BCUT2D eigenvalue weighted by atomic mass is 32.1. The van der Waals surface area contributed by atoms with Crippen molar-refractivity contribution >= 4 is 21.6 Å². The predicted octanol–water partition coefficient (Wildman–Crippen LogP) is 4.97. The van der Waals surface area contributed by atoms with E-state index in [0.29, 0.717) is 0 Å². The molecule has 1 aromatic heterocycles. The number of aryl methyl sites for hydroxylation is 2. The first-order chi connectivity index (χ1) is 7.27. The van der Waals surface area contributed by atoms with Crippen LogP contribution in [0, 0.1) is 13.8 Å². The maximum atomic E-state index is 4.28. The van der Waals surface area contributed by atoms with Crippen LogP contribution >= 0.6 is 11.5 Å². The molecule has 0 N–H and O–H groups in total. The van der Waals surface area contributed by atoms with E-state index in [-0.39, 0.29) is 0 Å². The van der Waals surface area contributed by atoms with Gasteiger partial charge in [0.15, 0.2) is 0 Å². The van der Waals surface area contributed by atoms with Gasteiger partial charge in [-0.15, -0.1) is 0 Å². The van der Waals surface area contributed by atoms with Crippen LogP contribution in [0.5, 0.6) is 0 Å². The molecule has 2 rings (SSSR count). The second kappa shape index (κ2) is 7.41. The summed E-state index contributed by atoms with van der Waals surface area (Å²) in [7, 11) is 0. The van der Waals surface area contributed by atoms with Crippen molar-refractivity contribution in [2.24, 2.45) is 0 Å². The van der Waals surface area contributed by atoms with Crippen LogP contribution in [-0.4, -0.2) is 4.37 Å². The van der Waals surface area contributed by atoms with E-state index < -0.39 is 0 Å². The van der Waals surface area contributed by atoms with Crippen LogP contribution in [-0.2, 0) is 0 Å². The summed E-state index contributed by atoms with van der Waals surface area (Å²) in [5.41, 5.74) is 2.45. The van der Waals surface area contributed by atoms with Crippen molar-refractivity contribution in [3.05, 3.63) is 29.5 Å². The number of fused-ring (bicyclic) bond motifs is 1. The Morgan fingerprint density at radius 1 is 1.00 bits per heavy atom. The molecule has 0 radical (unpaired) electrons. The van der Waals surface area contributed by atoms with Crippen LogP contribution in [0.3, 0.4) is 0 Å². The van der Waals surface area contributed by atoms with Crippen LogP contribution < -0.4 is 0 Å². The van der Waals surface area contributed by atoms with Crippen LogP contribution in [0.15, 0.2) is 18.2 Å². The highest BCUT2D eigenvalue weighted by molar-refractivity contribution is 7.13. The number of nitrogens with zero attached hydrogens (tertiary/aromatic N) is 1. The number of rotatable bonds is 0. The molecule has 0 bridgehead atoms. The number of aromatic nitrogens is 1. The Kier molecular flexibility index (Phi) is 6.97. The van der Waals surface area contributed by atoms with Gasteiger partial charge in [0.25, 0.3) is 0 Å². The molecule has 0 fully saturated rings. The molecule has 84 valence electrons. The van der Waals surface area contributed by atoms with Gasteiger partial charge in [-0.3, -0.25) is 0 Å². The fraction of sp³-hybridized carbons (Fsp3) is 0.462. The molecule has 1 heterocycles. The van der Waals surface area contributed by atoms with E-state index in [4.69, 9.17) is 0 Å². The largest absolute Gasteiger partial charge is 0.197 e. The SMILES string of the molecule is CC.CC.Cc1ccc2c(C)nsc2c1. The third-order valence-electron chi connectivity index (χ3n) is 1.81. The summed E-state index contributed by atoms with van der Waals surface area (Å²) < 4.78 is 5.57. The third kappa shape index (κ3) is 3.63. The third-order valence-corrected chi connectivity index (χ3v) is 2.71. The average Bonchev–Trinajstić information content (AvgIpc) is 2.65. The Hall–Kier alpha value is -0.890. The van der Waals surface area contributed by atoms with E-state index >= 15 is 0 Å². The first kappa shape index (κ1) is 14.1. The molecule has 0 aliphatic rings. The quantitative estimate of drug-likeness (QED) is 0.614. The van der Waals surface area contributed by atoms with Crippen LogP contribution in [0.25, 0.3) is 10.1 Å². The standard InChI is InChI=1S/C9H9NS.2C2H6/c1-6-3-4-8-7(2)10-11-9(8)5-6;2*1-2/h3-5H,1-2H3;2*1-2H3. The number of hydrogen-bond donors (Lipinski definition) is 0. The molecule has 0 aliphatic carbocycles. The van der Waals surface area contributed by atoms with E-state index in [9.17, 15) is 0 Å². The molecule has 0 amide bonds. The van der Waals surface area contributed by atoms with Crippen LogP contribution in [0.1, 0.15) is 39.0 Å². The summed E-state index contributed by atoms with van der Waals surface area (Å²) in [5, 5.41) is 1.29. The second-order valence-electron chi connectivity index (χ2n) is 2.77. The summed E-state index contributed by atoms with van der Waals surface area (Å²) in [5.74, 6) is 0. The van der Waals surface area contributed by atoms with Gasteiger partial charge in [0, 0.05) is 5.39 Å². The van der Waals surface area contributed by atoms with E-state index in [1.54, 1.807) is 11.5 Å². The fourth-order valence-corrected chi connectivity index (χ4v) is 2.06. The molecule has 0 spiro atoms. The molecule has 2 heteroatoms. The van der Waals surface area contributed by atoms with Crippen LogP contribution in [0.4, 0.5) is 0 Å². The zero-order valence-corrected chi connectivity index (χ0v) is 11.4. The van der Waals surface area contributed by atoms with Gasteiger partial charge in [-0.25, -0.2) is 0 Å². The van der Waals surface area contributed by atoms with Gasteiger partial charge < -0.3 is 0 Å². The van der Waals surface area contributed by atoms with Crippen molar-refractivity contribution in [2.75, 3.05) is 0 Å². The lowest BCUT2D eigenvalue weighted by atomic mass is 10.2.